The summed E-state index contributed by atoms with van der Waals surface area (Å²) in [5.74, 6) is 0.355. The summed E-state index contributed by atoms with van der Waals surface area (Å²) >= 11 is 1.54. The number of nitrogens with two attached hydrogens (primary N) is 1. The van der Waals surface area contributed by atoms with Crippen molar-refractivity contribution in [3.8, 4) is 0 Å². The Morgan fingerprint density at radius 2 is 2.31 bits per heavy atom. The Kier molecular flexibility index (Phi) is 5.36. The molecule has 0 radical (unpaired) electrons. The highest BCUT2D eigenvalue weighted by Gasteiger charge is 2.20. The van der Waals surface area contributed by atoms with Crippen LogP contribution >= 0.6 is 11.8 Å². The van der Waals surface area contributed by atoms with E-state index >= 15 is 0 Å². The predicted molar refractivity (Wildman–Crippen MR) is 55.7 cm³/mol. The van der Waals surface area contributed by atoms with Crippen LogP contribution < -0.4 is 11.1 Å². The average molecular weight is 206 g/mol. The fraction of sp³-hybridized carbons (Fsp3) is 0.875. The van der Waals surface area contributed by atoms with E-state index in [-0.39, 0.29) is 12.5 Å². The van der Waals surface area contributed by atoms with Gasteiger partial charge in [0.15, 0.2) is 0 Å². The zero-order valence-corrected chi connectivity index (χ0v) is 9.15. The molecule has 0 aliphatic heterocycles. The van der Waals surface area contributed by atoms with Crippen LogP contribution in [0.15, 0.2) is 0 Å². The van der Waals surface area contributed by atoms with Gasteiger partial charge in [-0.2, -0.15) is 11.8 Å². The third-order valence-corrected chi connectivity index (χ3v) is 2.42. The van der Waals surface area contributed by atoms with Crippen LogP contribution in [0.4, 0.5) is 0 Å². The summed E-state index contributed by atoms with van der Waals surface area (Å²) in [6, 6.07) is -0.523. The molecule has 2 atom stereocenters. The number of hydrogen-bond acceptors (Lipinski definition) is 4. The van der Waals surface area contributed by atoms with Crippen LogP contribution in [0.25, 0.3) is 0 Å². The highest BCUT2D eigenvalue weighted by molar-refractivity contribution is 7.98. The number of carbonyl (C=O) groups excluding carboxylic acids is 1. The van der Waals surface area contributed by atoms with E-state index in [4.69, 9.17) is 5.73 Å². The maximum Gasteiger partial charge on any atom is 0.236 e. The van der Waals surface area contributed by atoms with E-state index in [2.05, 4.69) is 5.32 Å². The Morgan fingerprint density at radius 3 is 2.69 bits per heavy atom. The maximum absolute atomic E-state index is 11.0. The molecule has 1 unspecified atom stereocenters. The van der Waals surface area contributed by atoms with E-state index < -0.39 is 11.6 Å². The molecule has 0 bridgehead atoms. The Morgan fingerprint density at radius 1 is 1.77 bits per heavy atom. The van der Waals surface area contributed by atoms with Crippen molar-refractivity contribution in [1.82, 2.24) is 5.32 Å². The van der Waals surface area contributed by atoms with Gasteiger partial charge in [-0.3, -0.25) is 4.79 Å². The normalized spacial score (nSPS) is 17.6. The number of rotatable bonds is 5. The zero-order valence-electron chi connectivity index (χ0n) is 8.33. The minimum atomic E-state index is -0.857. The minimum absolute atomic E-state index is 0.235. The van der Waals surface area contributed by atoms with Gasteiger partial charge in [0.1, 0.15) is 0 Å². The predicted octanol–water partition coefficient (Wildman–Crippen LogP) is -0.436. The molecule has 0 rings (SSSR count). The van der Waals surface area contributed by atoms with Crippen LogP contribution in [0.3, 0.4) is 0 Å². The molecule has 0 heterocycles. The van der Waals surface area contributed by atoms with E-state index in [0.29, 0.717) is 5.75 Å². The number of nitrogens with one attached hydrogen (secondary N) is 1. The SMILES string of the molecule is CSCC(C)(O)CNC(=O)[C@H](C)N. The summed E-state index contributed by atoms with van der Waals surface area (Å²) in [5, 5.41) is 12.2. The van der Waals surface area contributed by atoms with Crippen molar-refractivity contribution in [2.75, 3.05) is 18.6 Å². The average Bonchev–Trinajstić information content (AvgIpc) is 2.00. The van der Waals surface area contributed by atoms with E-state index in [9.17, 15) is 9.90 Å². The summed E-state index contributed by atoms with van der Waals surface area (Å²) in [5.41, 5.74) is 4.48. The molecule has 0 aliphatic carbocycles. The molecule has 0 fully saturated rings. The van der Waals surface area contributed by atoms with Gasteiger partial charge in [-0.15, -0.1) is 0 Å². The molecular formula is C8H18N2O2S. The molecule has 0 saturated heterocycles. The van der Waals surface area contributed by atoms with Gasteiger partial charge in [0.25, 0.3) is 0 Å². The number of aliphatic hydroxyl groups is 1. The van der Waals surface area contributed by atoms with Crippen molar-refractivity contribution in [3.05, 3.63) is 0 Å². The van der Waals surface area contributed by atoms with Crippen LogP contribution in [0.1, 0.15) is 13.8 Å². The lowest BCUT2D eigenvalue weighted by atomic mass is 10.1. The Labute approximate surface area is 83.3 Å². The fourth-order valence-electron chi connectivity index (χ4n) is 0.801. The Bertz CT molecular complexity index is 172. The summed E-state index contributed by atoms with van der Waals surface area (Å²) in [6.07, 6.45) is 1.90. The molecule has 78 valence electrons. The van der Waals surface area contributed by atoms with Gasteiger partial charge in [-0.1, -0.05) is 0 Å². The van der Waals surface area contributed by atoms with E-state index in [1.165, 1.54) is 11.8 Å². The van der Waals surface area contributed by atoms with Crippen molar-refractivity contribution in [2.45, 2.75) is 25.5 Å². The summed E-state index contributed by atoms with van der Waals surface area (Å²) in [4.78, 5) is 11.0. The molecule has 0 aromatic heterocycles. The first-order chi connectivity index (χ1) is 5.89. The monoisotopic (exact) mass is 206 g/mol. The third-order valence-electron chi connectivity index (χ3n) is 1.51. The Balaban J connectivity index is 3.80. The van der Waals surface area contributed by atoms with Gasteiger partial charge < -0.3 is 16.2 Å². The lowest BCUT2D eigenvalue weighted by molar-refractivity contribution is -0.122. The maximum atomic E-state index is 11.0. The lowest BCUT2D eigenvalue weighted by Crippen LogP contribution is -2.47. The van der Waals surface area contributed by atoms with Gasteiger partial charge in [0, 0.05) is 12.3 Å². The zero-order chi connectivity index (χ0) is 10.5. The molecule has 0 saturated carbocycles. The first kappa shape index (κ1) is 12.7. The number of hydrogen-bond donors (Lipinski definition) is 3. The largest absolute Gasteiger partial charge is 0.387 e. The van der Waals surface area contributed by atoms with E-state index in [1.807, 2.05) is 6.26 Å². The van der Waals surface area contributed by atoms with Crippen LogP contribution in [0.5, 0.6) is 0 Å². The van der Waals surface area contributed by atoms with Crippen LogP contribution in [-0.4, -0.2) is 41.2 Å². The molecule has 0 aliphatic rings. The van der Waals surface area contributed by atoms with Gasteiger partial charge in [0.2, 0.25) is 5.91 Å². The standard InChI is InChI=1S/C8H18N2O2S/c1-6(9)7(11)10-4-8(2,12)5-13-3/h6,12H,4-5,9H2,1-3H3,(H,10,11)/t6-,8?/m0/s1. The van der Waals surface area contributed by atoms with Crippen molar-refractivity contribution < 1.29 is 9.90 Å². The molecule has 0 aromatic rings. The topological polar surface area (TPSA) is 75.3 Å². The second-order valence-electron chi connectivity index (χ2n) is 3.44. The van der Waals surface area contributed by atoms with Crippen molar-refractivity contribution in [3.63, 3.8) is 0 Å². The van der Waals surface area contributed by atoms with Crippen LogP contribution in [-0.2, 0) is 4.79 Å². The second-order valence-corrected chi connectivity index (χ2v) is 4.30. The van der Waals surface area contributed by atoms with Gasteiger partial charge in [-0.25, -0.2) is 0 Å². The van der Waals surface area contributed by atoms with Crippen molar-refractivity contribution in [2.24, 2.45) is 5.73 Å². The molecule has 4 N–H and O–H groups in total. The number of thioether (sulfide) groups is 1. The highest BCUT2D eigenvalue weighted by atomic mass is 32.2. The van der Waals surface area contributed by atoms with E-state index in [0.717, 1.165) is 0 Å². The van der Waals surface area contributed by atoms with E-state index in [1.54, 1.807) is 13.8 Å². The highest BCUT2D eigenvalue weighted by Crippen LogP contribution is 2.08. The summed E-state index contributed by atoms with van der Waals surface area (Å²) in [7, 11) is 0. The third kappa shape index (κ3) is 5.90. The first-order valence-electron chi connectivity index (χ1n) is 4.13. The smallest absolute Gasteiger partial charge is 0.236 e. The lowest BCUT2D eigenvalue weighted by Gasteiger charge is -2.22. The van der Waals surface area contributed by atoms with Crippen LogP contribution in [0, 0.1) is 0 Å². The van der Waals surface area contributed by atoms with Gasteiger partial charge >= 0.3 is 0 Å². The minimum Gasteiger partial charge on any atom is -0.387 e. The van der Waals surface area contributed by atoms with Gasteiger partial charge in [-0.05, 0) is 20.1 Å². The van der Waals surface area contributed by atoms with Crippen molar-refractivity contribution >= 4 is 17.7 Å². The molecule has 1 amide bonds. The Hall–Kier alpha value is -0.260. The van der Waals surface area contributed by atoms with Crippen LogP contribution in [0.2, 0.25) is 0 Å². The molecular weight excluding hydrogens is 188 g/mol. The summed E-state index contributed by atoms with van der Waals surface area (Å²) in [6.45, 7) is 3.54. The molecule has 13 heavy (non-hydrogen) atoms. The first-order valence-corrected chi connectivity index (χ1v) is 5.53. The number of carbonyl (C=O) groups is 1. The molecule has 4 nitrogen and oxygen atoms in total. The quantitative estimate of drug-likeness (QED) is 0.570. The fourth-order valence-corrected chi connectivity index (χ4v) is 1.52. The number of amides is 1. The van der Waals surface area contributed by atoms with Crippen molar-refractivity contribution in [1.29, 1.82) is 0 Å². The molecule has 0 spiro atoms. The molecule has 0 aromatic carbocycles. The van der Waals surface area contributed by atoms with Gasteiger partial charge in [0.05, 0.1) is 11.6 Å². The molecule has 5 heteroatoms. The second kappa shape index (κ2) is 5.47. The summed E-state index contributed by atoms with van der Waals surface area (Å²) < 4.78 is 0.